The lowest BCUT2D eigenvalue weighted by atomic mass is 10.4. The summed E-state index contributed by atoms with van der Waals surface area (Å²) in [7, 11) is 0. The molecule has 5 heteroatoms. The van der Waals surface area contributed by atoms with E-state index in [0.717, 1.165) is 37.8 Å². The summed E-state index contributed by atoms with van der Waals surface area (Å²) in [6, 6.07) is 0. The van der Waals surface area contributed by atoms with Gasteiger partial charge < -0.3 is 15.4 Å². The van der Waals surface area contributed by atoms with E-state index >= 15 is 0 Å². The van der Waals surface area contributed by atoms with Crippen molar-refractivity contribution >= 4 is 29.1 Å². The summed E-state index contributed by atoms with van der Waals surface area (Å²) in [5, 5.41) is 7.67. The monoisotopic (exact) mass is 250 g/mol. The maximum Gasteiger partial charge on any atom is 0.166 e. The normalized spacial score (nSPS) is 12.2. The van der Waals surface area contributed by atoms with Crippen molar-refractivity contribution in [1.29, 1.82) is 0 Å². The van der Waals surface area contributed by atoms with E-state index in [9.17, 15) is 0 Å². The zero-order valence-electron chi connectivity index (χ0n) is 9.84. The van der Waals surface area contributed by atoms with Crippen molar-refractivity contribution in [2.45, 2.75) is 25.5 Å². The molecule has 0 spiro atoms. The molecule has 3 nitrogen and oxygen atoms in total. The third-order valence-electron chi connectivity index (χ3n) is 1.91. The van der Waals surface area contributed by atoms with Crippen LogP contribution in [0.25, 0.3) is 0 Å². The first-order valence-corrected chi connectivity index (χ1v) is 7.02. The number of hydrogen-bond donors (Lipinski definition) is 2. The summed E-state index contributed by atoms with van der Waals surface area (Å²) in [6.45, 7) is 7.55. The Morgan fingerprint density at radius 2 is 2.20 bits per heavy atom. The average molecular weight is 250 g/mol. The number of ether oxygens (including phenoxy) is 1. The summed E-state index contributed by atoms with van der Waals surface area (Å²) in [5.41, 5.74) is 0. The van der Waals surface area contributed by atoms with Gasteiger partial charge in [-0.25, -0.2) is 0 Å². The van der Waals surface area contributed by atoms with Gasteiger partial charge in [0.05, 0.1) is 0 Å². The average Bonchev–Trinajstić information content (AvgIpc) is 2.25. The molecule has 0 heterocycles. The minimum atomic E-state index is 0.591. The molecule has 0 aliphatic carbocycles. The SMILES string of the molecule is CCOCCCNC(=S)NCC(C)SC. The highest BCUT2D eigenvalue weighted by Crippen LogP contribution is 2.01. The number of thioether (sulfide) groups is 1. The third-order valence-corrected chi connectivity index (χ3v) is 3.17. The molecular weight excluding hydrogens is 228 g/mol. The van der Waals surface area contributed by atoms with Gasteiger partial charge in [0.25, 0.3) is 0 Å². The van der Waals surface area contributed by atoms with Crippen LogP contribution >= 0.6 is 24.0 Å². The lowest BCUT2D eigenvalue weighted by molar-refractivity contribution is 0.145. The quantitative estimate of drug-likeness (QED) is 0.505. The van der Waals surface area contributed by atoms with Crippen LogP contribution in [0.3, 0.4) is 0 Å². The van der Waals surface area contributed by atoms with Gasteiger partial charge in [-0.1, -0.05) is 6.92 Å². The Bertz CT molecular complexity index is 168. The fourth-order valence-electron chi connectivity index (χ4n) is 0.903. The van der Waals surface area contributed by atoms with Gasteiger partial charge in [0.1, 0.15) is 0 Å². The van der Waals surface area contributed by atoms with E-state index in [2.05, 4.69) is 23.8 Å². The molecule has 0 aromatic rings. The fourth-order valence-corrected chi connectivity index (χ4v) is 1.34. The van der Waals surface area contributed by atoms with Crippen molar-refractivity contribution in [3.8, 4) is 0 Å². The molecule has 0 aromatic heterocycles. The molecule has 90 valence electrons. The van der Waals surface area contributed by atoms with Crippen LogP contribution in [0.2, 0.25) is 0 Å². The van der Waals surface area contributed by atoms with Crippen molar-refractivity contribution in [3.05, 3.63) is 0 Å². The van der Waals surface area contributed by atoms with Gasteiger partial charge in [-0.3, -0.25) is 0 Å². The van der Waals surface area contributed by atoms with Crippen molar-refractivity contribution in [2.24, 2.45) is 0 Å². The molecule has 0 saturated carbocycles. The first kappa shape index (κ1) is 15.0. The molecule has 0 aliphatic heterocycles. The predicted molar refractivity (Wildman–Crippen MR) is 72.7 cm³/mol. The van der Waals surface area contributed by atoms with Gasteiger partial charge in [0.15, 0.2) is 5.11 Å². The second-order valence-electron chi connectivity index (χ2n) is 3.23. The van der Waals surface area contributed by atoms with Crippen LogP contribution in [0.15, 0.2) is 0 Å². The van der Waals surface area contributed by atoms with Crippen LogP contribution in [0, 0.1) is 0 Å². The Morgan fingerprint density at radius 1 is 1.47 bits per heavy atom. The van der Waals surface area contributed by atoms with Gasteiger partial charge in [0, 0.05) is 31.6 Å². The van der Waals surface area contributed by atoms with Crippen LogP contribution in [0.1, 0.15) is 20.3 Å². The molecule has 1 unspecified atom stereocenters. The zero-order chi connectivity index (χ0) is 11.5. The van der Waals surface area contributed by atoms with Crippen LogP contribution in [0.4, 0.5) is 0 Å². The van der Waals surface area contributed by atoms with Crippen molar-refractivity contribution in [1.82, 2.24) is 10.6 Å². The molecule has 0 bridgehead atoms. The summed E-state index contributed by atoms with van der Waals surface area (Å²) >= 11 is 6.96. The highest BCUT2D eigenvalue weighted by Gasteiger charge is 1.99. The Balaban J connectivity index is 3.26. The molecule has 0 aromatic carbocycles. The van der Waals surface area contributed by atoms with Gasteiger partial charge >= 0.3 is 0 Å². The number of nitrogens with one attached hydrogen (secondary N) is 2. The molecule has 2 N–H and O–H groups in total. The largest absolute Gasteiger partial charge is 0.382 e. The summed E-state index contributed by atoms with van der Waals surface area (Å²) < 4.78 is 5.22. The first-order chi connectivity index (χ1) is 7.20. The predicted octanol–water partition coefficient (Wildman–Crippen LogP) is 1.63. The molecular formula is C10H22N2OS2. The molecule has 1 atom stereocenters. The Labute approximate surface area is 103 Å². The van der Waals surface area contributed by atoms with E-state index in [0.29, 0.717) is 5.25 Å². The highest BCUT2D eigenvalue weighted by molar-refractivity contribution is 7.99. The van der Waals surface area contributed by atoms with Gasteiger partial charge in [-0.15, -0.1) is 0 Å². The van der Waals surface area contributed by atoms with Gasteiger partial charge in [-0.05, 0) is 31.8 Å². The number of thiocarbonyl (C=S) groups is 1. The third kappa shape index (κ3) is 10.3. The minimum Gasteiger partial charge on any atom is -0.382 e. The molecule has 0 amide bonds. The van der Waals surface area contributed by atoms with E-state index in [-0.39, 0.29) is 0 Å². The minimum absolute atomic E-state index is 0.591. The molecule has 15 heavy (non-hydrogen) atoms. The molecule has 0 saturated heterocycles. The molecule has 0 rings (SSSR count). The molecule has 0 radical (unpaired) electrons. The number of hydrogen-bond acceptors (Lipinski definition) is 3. The standard InChI is InChI=1S/C10H22N2OS2/c1-4-13-7-5-6-11-10(14)12-8-9(2)15-3/h9H,4-8H2,1-3H3,(H2,11,12,14). The van der Waals surface area contributed by atoms with E-state index in [4.69, 9.17) is 17.0 Å². The van der Waals surface area contributed by atoms with Crippen LogP contribution in [-0.2, 0) is 4.74 Å². The van der Waals surface area contributed by atoms with E-state index in [1.807, 2.05) is 18.7 Å². The topological polar surface area (TPSA) is 33.3 Å². The van der Waals surface area contributed by atoms with Gasteiger partial charge in [-0.2, -0.15) is 11.8 Å². The van der Waals surface area contributed by atoms with E-state index in [1.54, 1.807) is 0 Å². The highest BCUT2D eigenvalue weighted by atomic mass is 32.2. The fraction of sp³-hybridized carbons (Fsp3) is 0.900. The van der Waals surface area contributed by atoms with Crippen LogP contribution in [-0.4, -0.2) is 42.9 Å². The summed E-state index contributed by atoms with van der Waals surface area (Å²) in [4.78, 5) is 0. The second-order valence-corrected chi connectivity index (χ2v) is 4.92. The second kappa shape index (κ2) is 10.5. The van der Waals surface area contributed by atoms with Crippen molar-refractivity contribution in [2.75, 3.05) is 32.6 Å². The van der Waals surface area contributed by atoms with E-state index in [1.165, 1.54) is 0 Å². The lowest BCUT2D eigenvalue weighted by Gasteiger charge is -2.13. The van der Waals surface area contributed by atoms with Crippen LogP contribution in [0.5, 0.6) is 0 Å². The Morgan fingerprint density at radius 3 is 2.80 bits per heavy atom. The van der Waals surface area contributed by atoms with E-state index < -0.39 is 0 Å². The Kier molecular flexibility index (Phi) is 10.5. The zero-order valence-corrected chi connectivity index (χ0v) is 11.5. The van der Waals surface area contributed by atoms with Crippen molar-refractivity contribution in [3.63, 3.8) is 0 Å². The smallest absolute Gasteiger partial charge is 0.166 e. The van der Waals surface area contributed by atoms with Crippen LogP contribution < -0.4 is 10.6 Å². The number of rotatable bonds is 8. The molecule has 0 aliphatic rings. The maximum absolute atomic E-state index is 5.22. The maximum atomic E-state index is 5.22. The lowest BCUT2D eigenvalue weighted by Crippen LogP contribution is -2.38. The van der Waals surface area contributed by atoms with Crippen molar-refractivity contribution < 1.29 is 4.74 Å². The Hall–Kier alpha value is 0. The van der Waals surface area contributed by atoms with Gasteiger partial charge in [0.2, 0.25) is 0 Å². The molecule has 0 fully saturated rings. The summed E-state index contributed by atoms with van der Waals surface area (Å²) in [6.07, 6.45) is 3.10. The first-order valence-electron chi connectivity index (χ1n) is 5.33. The summed E-state index contributed by atoms with van der Waals surface area (Å²) in [5.74, 6) is 0.